The fourth-order valence-corrected chi connectivity index (χ4v) is 5.38. The van der Waals surface area contributed by atoms with Crippen LogP contribution in [0.5, 0.6) is 5.75 Å². The van der Waals surface area contributed by atoms with E-state index in [0.29, 0.717) is 57.4 Å². The molecule has 0 aliphatic carbocycles. The molecule has 0 unspecified atom stereocenters. The lowest BCUT2D eigenvalue weighted by atomic mass is 9.82. The maximum absolute atomic E-state index is 13.8. The number of rotatable bonds is 14. The second-order valence-electron chi connectivity index (χ2n) is 12.8. The molecule has 46 heavy (non-hydrogen) atoms. The largest absolute Gasteiger partial charge is 0.494 e. The van der Waals surface area contributed by atoms with E-state index in [4.69, 9.17) is 15.2 Å². The van der Waals surface area contributed by atoms with Crippen LogP contribution in [-0.4, -0.2) is 65.8 Å². The van der Waals surface area contributed by atoms with Crippen LogP contribution in [0.25, 0.3) is 0 Å². The highest BCUT2D eigenvalue weighted by molar-refractivity contribution is 5.93. The molecule has 0 fully saturated rings. The molecule has 3 rings (SSSR count). The number of ether oxygens (including phenoxy) is 2. The lowest BCUT2D eigenvalue weighted by Crippen LogP contribution is -2.55. The van der Waals surface area contributed by atoms with E-state index in [9.17, 15) is 29.2 Å². The molecule has 1 aromatic rings. The van der Waals surface area contributed by atoms with Crippen molar-refractivity contribution in [3.63, 3.8) is 0 Å². The van der Waals surface area contributed by atoms with Crippen molar-refractivity contribution < 1.29 is 38.7 Å². The molecule has 4 atom stereocenters. The number of hydrogen-bond donors (Lipinski definition) is 6. The highest BCUT2D eigenvalue weighted by Gasteiger charge is 2.36. The summed E-state index contributed by atoms with van der Waals surface area (Å²) in [5.41, 5.74) is 7.47. The van der Waals surface area contributed by atoms with E-state index >= 15 is 0 Å². The van der Waals surface area contributed by atoms with Crippen LogP contribution >= 0.6 is 0 Å². The number of amides is 5. The summed E-state index contributed by atoms with van der Waals surface area (Å²) in [6, 6.07) is 5.07. The van der Waals surface area contributed by atoms with Gasteiger partial charge in [0.15, 0.2) is 0 Å². The van der Waals surface area contributed by atoms with Crippen molar-refractivity contribution in [1.29, 1.82) is 0 Å². The van der Waals surface area contributed by atoms with E-state index in [1.165, 1.54) is 0 Å². The lowest BCUT2D eigenvalue weighted by molar-refractivity contribution is -0.142. The number of nitrogens with one attached hydrogen (secondary N) is 4. The summed E-state index contributed by atoms with van der Waals surface area (Å²) < 4.78 is 11.0. The van der Waals surface area contributed by atoms with Crippen molar-refractivity contribution in [1.82, 2.24) is 21.4 Å². The van der Waals surface area contributed by atoms with Gasteiger partial charge in [0.1, 0.15) is 23.4 Å². The van der Waals surface area contributed by atoms with E-state index in [0.717, 1.165) is 24.8 Å². The Morgan fingerprint density at radius 1 is 1.07 bits per heavy atom. The quantitative estimate of drug-likeness (QED) is 0.100. The van der Waals surface area contributed by atoms with Gasteiger partial charge in [-0.15, -0.1) is 0 Å². The van der Waals surface area contributed by atoms with Crippen molar-refractivity contribution in [2.75, 3.05) is 13.2 Å². The van der Waals surface area contributed by atoms with Crippen LogP contribution in [-0.2, 0) is 30.3 Å². The van der Waals surface area contributed by atoms with Crippen LogP contribution in [0.4, 0.5) is 4.79 Å². The van der Waals surface area contributed by atoms with E-state index in [-0.39, 0.29) is 12.8 Å². The highest BCUT2D eigenvalue weighted by atomic mass is 16.6. The Hall–Kier alpha value is -3.87. The SMILES string of the molecule is CCCCCC[C@H]1C(=O)N[C@H](C(=O)N[C@@H](CCCCNC(=O)OC(C)(C)C)C(N)=O)Cc2ccc(cc2)OCCC[C@@H]1C(=O)NO. The summed E-state index contributed by atoms with van der Waals surface area (Å²) in [6.45, 7) is 8.01. The fraction of sp³-hybridized carbons (Fsp3) is 0.667. The van der Waals surface area contributed by atoms with Gasteiger partial charge in [0.25, 0.3) is 0 Å². The summed E-state index contributed by atoms with van der Waals surface area (Å²) in [7, 11) is 0. The molecule has 2 aliphatic rings. The van der Waals surface area contributed by atoms with Crippen LogP contribution in [0.2, 0.25) is 0 Å². The summed E-state index contributed by atoms with van der Waals surface area (Å²) in [6.07, 6.45) is 5.49. The number of fused-ring (bicyclic) bond motifs is 11. The third-order valence-electron chi connectivity index (χ3n) is 7.81. The van der Waals surface area contributed by atoms with Gasteiger partial charge in [0, 0.05) is 18.9 Å². The monoisotopic (exact) mass is 647 g/mol. The van der Waals surface area contributed by atoms with Gasteiger partial charge in [-0.3, -0.25) is 24.4 Å². The molecule has 258 valence electrons. The molecule has 13 heteroatoms. The molecule has 0 saturated heterocycles. The van der Waals surface area contributed by atoms with E-state index < -0.39 is 59.2 Å². The standard InChI is InChI=1S/C33H53N5O8/c1-5-6-7-8-12-24-25(30(41)38-44)13-11-20-45-23-17-15-22(16-18-23)21-27(37-29(24)40)31(42)36-26(28(34)39)14-9-10-19-35-32(43)46-33(2,3)4/h15-18,24-27,44H,5-14,19-21H2,1-4H3,(H2,34,39)(H,35,43)(H,36,42)(H,37,40)(H,38,41)/t24-,25+,26+,27+/m1/s1. The Balaban J connectivity index is 2.21. The Kier molecular flexibility index (Phi) is 16.3. The molecule has 0 radical (unpaired) electrons. The van der Waals surface area contributed by atoms with Crippen molar-refractivity contribution in [2.24, 2.45) is 17.6 Å². The number of carbonyl (C=O) groups is 5. The Bertz CT molecular complexity index is 1140. The Morgan fingerprint density at radius 3 is 2.41 bits per heavy atom. The second-order valence-corrected chi connectivity index (χ2v) is 12.8. The maximum atomic E-state index is 13.8. The molecule has 2 heterocycles. The smallest absolute Gasteiger partial charge is 0.407 e. The van der Waals surface area contributed by atoms with Crippen LogP contribution in [0.15, 0.2) is 24.3 Å². The first-order chi connectivity index (χ1) is 21.8. The number of unbranched alkanes of at least 4 members (excludes halogenated alkanes) is 4. The molecule has 2 bridgehead atoms. The summed E-state index contributed by atoms with van der Waals surface area (Å²) in [5, 5.41) is 17.7. The predicted octanol–water partition coefficient (Wildman–Crippen LogP) is 3.26. The molecule has 0 aromatic heterocycles. The summed E-state index contributed by atoms with van der Waals surface area (Å²) in [5.74, 6) is -3.48. The summed E-state index contributed by atoms with van der Waals surface area (Å²) in [4.78, 5) is 64.4. The zero-order chi connectivity index (χ0) is 34.1. The van der Waals surface area contributed by atoms with Crippen molar-refractivity contribution in [3.05, 3.63) is 29.8 Å². The molecular formula is C33H53N5O8. The normalized spacial score (nSPS) is 19.5. The zero-order valence-corrected chi connectivity index (χ0v) is 27.7. The third kappa shape index (κ3) is 14.1. The van der Waals surface area contributed by atoms with Gasteiger partial charge < -0.3 is 31.2 Å². The molecular weight excluding hydrogens is 594 g/mol. The van der Waals surface area contributed by atoms with Gasteiger partial charge in [-0.1, -0.05) is 44.7 Å². The number of primary amides is 1. The van der Waals surface area contributed by atoms with Gasteiger partial charge in [0.05, 0.1) is 12.5 Å². The molecule has 0 saturated carbocycles. The van der Waals surface area contributed by atoms with Gasteiger partial charge in [-0.2, -0.15) is 0 Å². The molecule has 5 amide bonds. The highest BCUT2D eigenvalue weighted by Crippen LogP contribution is 2.26. The first-order valence-corrected chi connectivity index (χ1v) is 16.4. The summed E-state index contributed by atoms with van der Waals surface area (Å²) >= 11 is 0. The van der Waals surface area contributed by atoms with Crippen LogP contribution in [0.1, 0.15) is 97.5 Å². The molecule has 1 aromatic carbocycles. The van der Waals surface area contributed by atoms with Gasteiger partial charge >= 0.3 is 6.09 Å². The molecule has 0 spiro atoms. The van der Waals surface area contributed by atoms with Crippen molar-refractivity contribution in [2.45, 2.75) is 116 Å². The fourth-order valence-electron chi connectivity index (χ4n) is 5.38. The average Bonchev–Trinajstić information content (AvgIpc) is 2.99. The zero-order valence-electron chi connectivity index (χ0n) is 27.7. The topological polar surface area (TPSA) is 198 Å². The second kappa shape index (κ2) is 19.6. The Labute approximate surface area is 272 Å². The molecule has 2 aliphatic heterocycles. The number of nitrogens with two attached hydrogens (primary N) is 1. The number of hydrogen-bond acceptors (Lipinski definition) is 8. The first kappa shape index (κ1) is 38.3. The maximum Gasteiger partial charge on any atom is 0.407 e. The first-order valence-electron chi connectivity index (χ1n) is 16.4. The third-order valence-corrected chi connectivity index (χ3v) is 7.81. The number of alkyl carbamates (subject to hydrolysis) is 1. The van der Waals surface area contributed by atoms with E-state index in [1.807, 2.05) is 0 Å². The minimum absolute atomic E-state index is 0.114. The molecule has 7 N–H and O–H groups in total. The minimum Gasteiger partial charge on any atom is -0.494 e. The number of carbonyl (C=O) groups excluding carboxylic acids is 5. The average molecular weight is 648 g/mol. The van der Waals surface area contributed by atoms with E-state index in [2.05, 4.69) is 22.9 Å². The molecule has 13 nitrogen and oxygen atoms in total. The number of hydroxylamine groups is 1. The van der Waals surface area contributed by atoms with E-state index in [1.54, 1.807) is 50.5 Å². The lowest BCUT2D eigenvalue weighted by Gasteiger charge is -2.28. The van der Waals surface area contributed by atoms with Crippen LogP contribution in [0.3, 0.4) is 0 Å². The van der Waals surface area contributed by atoms with Crippen LogP contribution < -0.4 is 31.9 Å². The van der Waals surface area contributed by atoms with Crippen molar-refractivity contribution >= 4 is 29.7 Å². The van der Waals surface area contributed by atoms with Crippen LogP contribution in [0, 0.1) is 11.8 Å². The Morgan fingerprint density at radius 2 is 1.78 bits per heavy atom. The van der Waals surface area contributed by atoms with Gasteiger partial charge in [-0.05, 0) is 77.0 Å². The minimum atomic E-state index is -1.08. The predicted molar refractivity (Wildman–Crippen MR) is 172 cm³/mol. The van der Waals surface area contributed by atoms with Gasteiger partial charge in [-0.25, -0.2) is 10.3 Å². The van der Waals surface area contributed by atoms with Crippen molar-refractivity contribution in [3.8, 4) is 5.75 Å². The van der Waals surface area contributed by atoms with Gasteiger partial charge in [0.2, 0.25) is 23.6 Å². The number of benzene rings is 1.